The van der Waals surface area contributed by atoms with Gasteiger partial charge in [0, 0.05) is 22.6 Å². The third-order valence-electron chi connectivity index (χ3n) is 4.52. The van der Waals surface area contributed by atoms with Crippen LogP contribution in [-0.4, -0.2) is 36.6 Å². The summed E-state index contributed by atoms with van der Waals surface area (Å²) in [5.41, 5.74) is 1.94. The second-order valence-corrected chi connectivity index (χ2v) is 8.14. The normalized spacial score (nSPS) is 10.3. The summed E-state index contributed by atoms with van der Waals surface area (Å²) in [6.07, 6.45) is 0.0764. The average molecular weight is 484 g/mol. The average Bonchev–Trinajstić information content (AvgIpc) is 3.27. The molecule has 0 saturated heterocycles. The van der Waals surface area contributed by atoms with Gasteiger partial charge in [0.25, 0.3) is 5.91 Å². The number of nitriles is 1. The van der Waals surface area contributed by atoms with E-state index in [2.05, 4.69) is 4.98 Å². The van der Waals surface area contributed by atoms with E-state index in [0.717, 1.165) is 16.3 Å². The number of carbonyl (C=O) groups excluding carboxylic acids is 2. The molecule has 0 unspecified atom stereocenters. The molecule has 7 nitrogen and oxygen atoms in total. The first-order valence-electron chi connectivity index (χ1n) is 10.3. The number of nitrogens with zero attached hydrogens (tertiary/aromatic N) is 3. The topological polar surface area (TPSA) is 92.5 Å². The van der Waals surface area contributed by atoms with Crippen molar-refractivity contribution in [3.05, 3.63) is 64.6 Å². The fraction of sp³-hybridized carbons (Fsp3) is 0.250. The molecule has 1 heterocycles. The highest BCUT2D eigenvalue weighted by atomic mass is 35.5. The predicted molar refractivity (Wildman–Crippen MR) is 127 cm³/mol. The molecule has 1 amide bonds. The fourth-order valence-corrected chi connectivity index (χ4v) is 4.09. The van der Waals surface area contributed by atoms with Gasteiger partial charge < -0.3 is 14.4 Å². The van der Waals surface area contributed by atoms with E-state index in [0.29, 0.717) is 23.0 Å². The Hall–Kier alpha value is -3.41. The molecule has 0 aliphatic heterocycles. The first-order chi connectivity index (χ1) is 16.0. The van der Waals surface area contributed by atoms with Crippen molar-refractivity contribution in [2.24, 2.45) is 0 Å². The Kier molecular flexibility index (Phi) is 8.81. The lowest BCUT2D eigenvalue weighted by molar-refractivity contribution is -0.147. The predicted octanol–water partition coefficient (Wildman–Crippen LogP) is 4.89. The standard InChI is InChI=1S/C24H22ClN3O4S/c1-2-31-21-10-4-3-9-20(21)24-27-18(16-33-24)14-23(30)32-15-22(29)28(12-6-11-26)19-8-5-7-17(25)13-19/h3-5,7-10,13,16H,2,6,12,14-15H2,1H3. The van der Waals surface area contributed by atoms with Crippen molar-refractivity contribution in [1.82, 2.24) is 4.98 Å². The summed E-state index contributed by atoms with van der Waals surface area (Å²) >= 11 is 7.42. The van der Waals surface area contributed by atoms with Gasteiger partial charge in [0.05, 0.1) is 36.8 Å². The number of hydrogen-bond acceptors (Lipinski definition) is 7. The van der Waals surface area contributed by atoms with Crippen LogP contribution in [0.1, 0.15) is 19.0 Å². The van der Waals surface area contributed by atoms with E-state index in [1.165, 1.54) is 16.2 Å². The van der Waals surface area contributed by atoms with Crippen LogP contribution in [0, 0.1) is 11.3 Å². The van der Waals surface area contributed by atoms with E-state index < -0.39 is 18.5 Å². The Balaban J connectivity index is 1.61. The molecule has 9 heteroatoms. The minimum atomic E-state index is -0.565. The van der Waals surface area contributed by atoms with Gasteiger partial charge in [-0.05, 0) is 37.3 Å². The number of aromatic nitrogens is 1. The van der Waals surface area contributed by atoms with Gasteiger partial charge in [-0.3, -0.25) is 9.59 Å². The SMILES string of the molecule is CCOc1ccccc1-c1nc(CC(=O)OCC(=O)N(CCC#N)c2cccc(Cl)c2)cs1. The zero-order valence-electron chi connectivity index (χ0n) is 18.0. The number of benzene rings is 2. The van der Waals surface area contributed by atoms with E-state index in [-0.39, 0.29) is 19.4 Å². The molecular weight excluding hydrogens is 462 g/mol. The van der Waals surface area contributed by atoms with Gasteiger partial charge in [0.15, 0.2) is 6.61 Å². The number of hydrogen-bond donors (Lipinski definition) is 0. The van der Waals surface area contributed by atoms with Crippen LogP contribution in [-0.2, 0) is 20.7 Å². The van der Waals surface area contributed by atoms with Gasteiger partial charge in [0.1, 0.15) is 10.8 Å². The summed E-state index contributed by atoms with van der Waals surface area (Å²) in [6, 6.07) is 16.3. The number of anilines is 1. The molecule has 3 rings (SSSR count). The summed E-state index contributed by atoms with van der Waals surface area (Å²) in [5.74, 6) is -0.275. The van der Waals surface area contributed by atoms with E-state index in [9.17, 15) is 9.59 Å². The smallest absolute Gasteiger partial charge is 0.312 e. The molecule has 0 bridgehead atoms. The van der Waals surface area contributed by atoms with Crippen molar-refractivity contribution in [1.29, 1.82) is 5.26 Å². The number of halogens is 1. The minimum absolute atomic E-state index is 0.0596. The number of ether oxygens (including phenoxy) is 2. The fourth-order valence-electron chi connectivity index (χ4n) is 3.06. The molecule has 3 aromatic rings. The lowest BCUT2D eigenvalue weighted by Gasteiger charge is -2.21. The first kappa shape index (κ1) is 24.2. The summed E-state index contributed by atoms with van der Waals surface area (Å²) in [7, 11) is 0. The Morgan fingerprint density at radius 2 is 2.03 bits per heavy atom. The Bertz CT molecular complexity index is 1160. The lowest BCUT2D eigenvalue weighted by Crippen LogP contribution is -2.35. The molecule has 1 aromatic heterocycles. The van der Waals surface area contributed by atoms with E-state index >= 15 is 0 Å². The largest absolute Gasteiger partial charge is 0.493 e. The highest BCUT2D eigenvalue weighted by Gasteiger charge is 2.19. The highest BCUT2D eigenvalue weighted by molar-refractivity contribution is 7.13. The quantitative estimate of drug-likeness (QED) is 0.381. The summed E-state index contributed by atoms with van der Waals surface area (Å²) in [4.78, 5) is 30.9. The summed E-state index contributed by atoms with van der Waals surface area (Å²) in [6.45, 7) is 2.17. The van der Waals surface area contributed by atoms with E-state index in [1.807, 2.05) is 37.3 Å². The van der Waals surface area contributed by atoms with Crippen LogP contribution < -0.4 is 9.64 Å². The number of para-hydroxylation sites is 1. The van der Waals surface area contributed by atoms with Gasteiger partial charge in [-0.15, -0.1) is 11.3 Å². The molecule has 0 N–H and O–H groups in total. The van der Waals surface area contributed by atoms with Gasteiger partial charge in [0.2, 0.25) is 0 Å². The molecule has 0 aliphatic rings. The van der Waals surface area contributed by atoms with Crippen molar-refractivity contribution >= 4 is 40.5 Å². The summed E-state index contributed by atoms with van der Waals surface area (Å²) in [5, 5.41) is 11.9. The van der Waals surface area contributed by atoms with Gasteiger partial charge in [-0.2, -0.15) is 5.26 Å². The van der Waals surface area contributed by atoms with Crippen LogP contribution >= 0.6 is 22.9 Å². The zero-order chi connectivity index (χ0) is 23.6. The molecule has 33 heavy (non-hydrogen) atoms. The number of rotatable bonds is 10. The molecule has 2 aromatic carbocycles. The lowest BCUT2D eigenvalue weighted by atomic mass is 10.2. The molecule has 0 fully saturated rings. The van der Waals surface area contributed by atoms with Crippen molar-refractivity contribution in [2.45, 2.75) is 19.8 Å². The number of carbonyl (C=O) groups is 2. The maximum absolute atomic E-state index is 12.7. The molecule has 0 radical (unpaired) electrons. The summed E-state index contributed by atoms with van der Waals surface area (Å²) < 4.78 is 10.8. The second-order valence-electron chi connectivity index (χ2n) is 6.84. The number of esters is 1. The number of thiazole rings is 1. The van der Waals surface area contributed by atoms with Crippen molar-refractivity contribution in [3.63, 3.8) is 0 Å². The van der Waals surface area contributed by atoms with E-state index in [4.69, 9.17) is 26.3 Å². The molecular formula is C24H22ClN3O4S. The Labute approximate surface area is 201 Å². The van der Waals surface area contributed by atoms with Crippen LogP contribution in [0.3, 0.4) is 0 Å². The third kappa shape index (κ3) is 6.78. The van der Waals surface area contributed by atoms with Crippen LogP contribution in [0.25, 0.3) is 10.6 Å². The third-order valence-corrected chi connectivity index (χ3v) is 5.68. The van der Waals surface area contributed by atoms with Crippen LogP contribution in [0.5, 0.6) is 5.75 Å². The molecule has 0 spiro atoms. The van der Waals surface area contributed by atoms with Crippen molar-refractivity contribution in [3.8, 4) is 22.4 Å². The zero-order valence-corrected chi connectivity index (χ0v) is 19.6. The molecule has 0 aliphatic carbocycles. The molecule has 0 saturated carbocycles. The van der Waals surface area contributed by atoms with Crippen LogP contribution in [0.4, 0.5) is 5.69 Å². The van der Waals surface area contributed by atoms with E-state index in [1.54, 1.807) is 29.6 Å². The highest BCUT2D eigenvalue weighted by Crippen LogP contribution is 2.32. The maximum Gasteiger partial charge on any atom is 0.312 e. The first-order valence-corrected chi connectivity index (χ1v) is 11.5. The van der Waals surface area contributed by atoms with Gasteiger partial charge >= 0.3 is 5.97 Å². The number of amides is 1. The molecule has 170 valence electrons. The van der Waals surface area contributed by atoms with Crippen LogP contribution in [0.15, 0.2) is 53.9 Å². The van der Waals surface area contributed by atoms with Crippen molar-refractivity contribution < 1.29 is 19.1 Å². The van der Waals surface area contributed by atoms with Gasteiger partial charge in [-0.25, -0.2) is 4.98 Å². The minimum Gasteiger partial charge on any atom is -0.493 e. The Morgan fingerprint density at radius 3 is 2.79 bits per heavy atom. The van der Waals surface area contributed by atoms with Crippen LogP contribution in [0.2, 0.25) is 5.02 Å². The van der Waals surface area contributed by atoms with Gasteiger partial charge in [-0.1, -0.05) is 29.8 Å². The monoisotopic (exact) mass is 483 g/mol. The molecule has 0 atom stereocenters. The van der Waals surface area contributed by atoms with Crippen molar-refractivity contribution in [2.75, 3.05) is 24.7 Å². The Morgan fingerprint density at radius 1 is 1.21 bits per heavy atom. The maximum atomic E-state index is 12.7. The second kappa shape index (κ2) is 12.0.